The van der Waals surface area contributed by atoms with Crippen LogP contribution in [0.1, 0.15) is 243 Å². The molecule has 144 heavy (non-hydrogen) atoms. The zero-order valence-corrected chi connectivity index (χ0v) is 92.9. The van der Waals surface area contributed by atoms with Gasteiger partial charge >= 0.3 is 47.8 Å². The van der Waals surface area contributed by atoms with E-state index < -0.39 is 101 Å². The van der Waals surface area contributed by atoms with Crippen LogP contribution < -0.4 is 0 Å². The van der Waals surface area contributed by atoms with Gasteiger partial charge in [-0.05, 0) is 178 Å². The van der Waals surface area contributed by atoms with Crippen molar-refractivity contribution in [2.75, 3.05) is 171 Å². The van der Waals surface area contributed by atoms with Crippen LogP contribution in [0, 0.1) is 100 Å². The molecule has 818 valence electrons. The molecule has 29 nitrogen and oxygen atoms in total. The number of carbonyl (C=O) groups excluding carboxylic acids is 12. The highest BCUT2D eigenvalue weighted by molar-refractivity contribution is 5.90. The Hall–Kier alpha value is -9.68. The third kappa shape index (κ3) is 61.1. The van der Waals surface area contributed by atoms with Crippen molar-refractivity contribution < 1.29 is 119 Å². The van der Waals surface area contributed by atoms with Crippen LogP contribution in [-0.2, 0) is 119 Å². The first kappa shape index (κ1) is 134. The third-order valence-electron chi connectivity index (χ3n) is 24.1. The normalized spacial score (nSPS) is 14.9. The molecule has 29 heteroatoms. The van der Waals surface area contributed by atoms with Gasteiger partial charge in [-0.15, -0.1) is 26.3 Å². The molecule has 0 spiro atoms. The summed E-state index contributed by atoms with van der Waals surface area (Å²) in [4.78, 5) is 172. The number of nitrogens with zero attached hydrogens (tertiary/aromatic N) is 4. The molecule has 0 fully saturated rings. The Morgan fingerprint density at radius 1 is 0.250 bits per heavy atom. The fourth-order valence-electron chi connectivity index (χ4n) is 17.8. The van der Waals surface area contributed by atoms with Gasteiger partial charge in [-0.2, -0.15) is 0 Å². The zero-order valence-electron chi connectivity index (χ0n) is 92.9. The molecule has 12 unspecified atom stereocenters. The van der Waals surface area contributed by atoms with Crippen molar-refractivity contribution in [3.63, 3.8) is 0 Å². The Bertz CT molecular complexity index is 3900. The molecule has 12 atom stereocenters. The zero-order chi connectivity index (χ0) is 109. The van der Waals surface area contributed by atoms with Crippen LogP contribution >= 0.6 is 0 Å². The van der Waals surface area contributed by atoms with Gasteiger partial charge in [-0.25, -0.2) is 19.2 Å². The van der Waals surface area contributed by atoms with Crippen molar-refractivity contribution in [1.82, 2.24) is 19.6 Å². The second-order valence-electron chi connectivity index (χ2n) is 41.6. The van der Waals surface area contributed by atoms with Crippen molar-refractivity contribution in [3.05, 3.63) is 146 Å². The van der Waals surface area contributed by atoms with Crippen LogP contribution in [0.25, 0.3) is 0 Å². The maximum atomic E-state index is 14.9. The summed E-state index contributed by atoms with van der Waals surface area (Å²) in [5, 5.41) is 0. The predicted octanol–water partition coefficient (Wildman–Crippen LogP) is 19.4. The number of ether oxygens (including phenoxy) is 13. The summed E-state index contributed by atoms with van der Waals surface area (Å²) in [6, 6.07) is 0. The molecule has 0 bridgehead atoms. The number of carbonyl (C=O) groups is 12. The molecular weight excluding hydrogens is 1840 g/mol. The lowest BCUT2D eigenvalue weighted by Gasteiger charge is -2.33. The highest BCUT2D eigenvalue weighted by Gasteiger charge is 2.37. The molecule has 0 heterocycles. The van der Waals surface area contributed by atoms with Crippen LogP contribution in [0.4, 0.5) is 0 Å². The second kappa shape index (κ2) is 75.9. The first-order valence-electron chi connectivity index (χ1n) is 51.9. The van der Waals surface area contributed by atoms with Gasteiger partial charge in [0, 0.05) is 74.2 Å². The van der Waals surface area contributed by atoms with E-state index in [2.05, 4.69) is 150 Å². The van der Waals surface area contributed by atoms with Crippen LogP contribution in [0.3, 0.4) is 0 Å². The Balaban J connectivity index is 8.68. The fourth-order valence-corrected chi connectivity index (χ4v) is 17.8. The molecule has 0 aromatic rings. The quantitative estimate of drug-likeness (QED) is 0.0179. The van der Waals surface area contributed by atoms with Crippen molar-refractivity contribution in [1.29, 1.82) is 0 Å². The van der Waals surface area contributed by atoms with E-state index in [0.717, 1.165) is 51.4 Å². The average Bonchev–Trinajstić information content (AvgIpc) is 0.872. The maximum absolute atomic E-state index is 14.9. The molecule has 0 saturated carbocycles. The molecular formula is C115H188N4O25. The van der Waals surface area contributed by atoms with Crippen LogP contribution in [-0.4, -0.2) is 262 Å². The minimum atomic E-state index is -1.35. The van der Waals surface area contributed by atoms with Gasteiger partial charge in [0.25, 0.3) is 0 Å². The molecule has 4 amide bonds. The Morgan fingerprint density at radius 3 is 0.632 bits per heavy atom. The molecule has 0 aliphatic carbocycles. The van der Waals surface area contributed by atoms with E-state index in [4.69, 9.17) is 61.6 Å². The molecule has 0 radical (unpaired) electrons. The summed E-state index contributed by atoms with van der Waals surface area (Å²) in [6.07, 6.45) is 20.6. The van der Waals surface area contributed by atoms with Gasteiger partial charge in [-0.1, -0.05) is 208 Å². The van der Waals surface area contributed by atoms with Crippen LogP contribution in [0.15, 0.2) is 146 Å². The Kier molecular flexibility index (Phi) is 70.8. The Labute approximate surface area is 866 Å². The van der Waals surface area contributed by atoms with E-state index in [1.807, 2.05) is 52.0 Å². The van der Waals surface area contributed by atoms with Gasteiger partial charge in [0.15, 0.2) is 0 Å². The predicted molar refractivity (Wildman–Crippen MR) is 568 cm³/mol. The van der Waals surface area contributed by atoms with Gasteiger partial charge in [0.1, 0.15) is 52.9 Å². The van der Waals surface area contributed by atoms with Crippen LogP contribution in [0.5, 0.6) is 0 Å². The molecule has 0 aliphatic heterocycles. The van der Waals surface area contributed by atoms with Gasteiger partial charge in [0.2, 0.25) is 23.6 Å². The van der Waals surface area contributed by atoms with Crippen molar-refractivity contribution >= 4 is 71.4 Å². The summed E-state index contributed by atoms with van der Waals surface area (Å²) in [5.74, 6) is -7.93. The number of hydrogen-bond donors (Lipinski definition) is 0. The molecule has 0 aromatic carbocycles. The van der Waals surface area contributed by atoms with Crippen molar-refractivity contribution in [2.45, 2.75) is 243 Å². The monoisotopic (exact) mass is 2030 g/mol. The van der Waals surface area contributed by atoms with Crippen molar-refractivity contribution in [3.8, 4) is 0 Å². The van der Waals surface area contributed by atoms with E-state index in [-0.39, 0.29) is 242 Å². The SMILES string of the molecule is C=CCN(CC=C)C(=O)CC(C(=O)OCCOCCOCC(COCCOC(=O)C(CC(=O)N(CC=C)CC=C)/C(C)=C/C(C)CC(C)CC(C)C)(COCCOC(=O)C(CC(=O)N(CCOC(=O)C(=C)C)CCOC(=O)C(=C)C)/C(C)=C/C(C)CC(C)CC(C)C)COCCOC(=O)C(CC(=O)N(CCOC(=O)C(=C)C)CCOC(=O)C(=C)C)/C(C)=C/C(C)CC(C)CC(C)C)/C(C)=C/C(C)CC(C)CC(C)C. The standard InChI is InChI=1S/C115H188N4O25/c1-33-37-116(38-34-2)103(120)71-99(95(29)67-91(25)63-87(21)59-79(5)6)111(128)141-55-51-132-49-50-133-75-115(76-134-52-56-142-112(129)100(72-104(121)117(39-35-3)40-36-4)96(30)68-92(26)64-88(22)60-80(7)8,77-135-53-57-143-113(130)101(97(31)69-93(27)65-89(23)61-81(9)10)73-105(122)118(41-45-137-107(124)83(13)14)42-46-138-108(125)84(15)16)78-136-54-58-144-114(131)102(98(32)70-94(28)66-90(24)62-82(11)12)74-106(123)119(43-47-139-109(126)85(17)18)44-48-140-110(127)86(19)20/h33-36,67-70,79-82,87-94,99-102H,1-4,13,15,17,19,37-66,71-78H2,5-12,14,16,18,20-32H3/b95-67+,96-68+,97-69+,98-70+. The summed E-state index contributed by atoms with van der Waals surface area (Å²) in [5.41, 5.74) is 1.70. The number of rotatable bonds is 83. The molecule has 0 rings (SSSR count). The minimum Gasteiger partial charge on any atom is -0.463 e. The molecule has 0 saturated heterocycles. The lowest BCUT2D eigenvalue weighted by Crippen LogP contribution is -2.43. The van der Waals surface area contributed by atoms with Gasteiger partial charge in [0.05, 0.1) is 121 Å². The van der Waals surface area contributed by atoms with E-state index >= 15 is 0 Å². The molecule has 0 N–H and O–H groups in total. The number of hydrogen-bond acceptors (Lipinski definition) is 25. The summed E-state index contributed by atoms with van der Waals surface area (Å²) in [7, 11) is 0. The lowest BCUT2D eigenvalue weighted by atomic mass is 9.87. The van der Waals surface area contributed by atoms with Gasteiger partial charge < -0.3 is 81.2 Å². The second-order valence-corrected chi connectivity index (χ2v) is 41.6. The summed E-state index contributed by atoms with van der Waals surface area (Å²) >= 11 is 0. The topological polar surface area (TPSA) is 338 Å². The van der Waals surface area contributed by atoms with E-state index in [0.29, 0.717) is 69.6 Å². The minimum absolute atomic E-state index is 0.0381. The van der Waals surface area contributed by atoms with E-state index in [9.17, 15) is 57.5 Å². The lowest BCUT2D eigenvalue weighted by molar-refractivity contribution is -0.156. The highest BCUT2D eigenvalue weighted by atomic mass is 16.6. The molecule has 0 aromatic heterocycles. The van der Waals surface area contributed by atoms with Gasteiger partial charge in [-0.3, -0.25) is 38.4 Å². The first-order valence-corrected chi connectivity index (χ1v) is 51.9. The van der Waals surface area contributed by atoms with Crippen LogP contribution in [0.2, 0.25) is 0 Å². The number of allylic oxidation sites excluding steroid dienone is 4. The van der Waals surface area contributed by atoms with Crippen molar-refractivity contribution in [2.24, 2.45) is 100 Å². The number of amides is 4. The largest absolute Gasteiger partial charge is 0.463 e. The average molecular weight is 2030 g/mol. The van der Waals surface area contributed by atoms with E-state index in [1.54, 1.807) is 48.0 Å². The third-order valence-corrected chi connectivity index (χ3v) is 24.1. The first-order chi connectivity index (χ1) is 67.8. The summed E-state index contributed by atoms with van der Waals surface area (Å²) < 4.78 is 77.9. The maximum Gasteiger partial charge on any atom is 0.333 e. The summed E-state index contributed by atoms with van der Waals surface area (Å²) in [6.45, 7) is 73.9. The number of esters is 8. The smallest absolute Gasteiger partial charge is 0.333 e. The van der Waals surface area contributed by atoms with E-state index in [1.165, 1.54) is 37.5 Å². The highest BCUT2D eigenvalue weighted by Crippen LogP contribution is 2.32. The molecule has 0 aliphatic rings. The Morgan fingerprint density at radius 2 is 0.438 bits per heavy atom. The fraction of sp³-hybridized carbons (Fsp3) is 0.687.